The molecule has 0 bridgehead atoms. The van der Waals surface area contributed by atoms with Gasteiger partial charge in [0.2, 0.25) is 0 Å². The van der Waals surface area contributed by atoms with Crippen molar-refractivity contribution in [2.45, 2.75) is 19.6 Å². The summed E-state index contributed by atoms with van der Waals surface area (Å²) in [5.41, 5.74) is 1.27. The molecule has 28 heavy (non-hydrogen) atoms. The third-order valence-electron chi connectivity index (χ3n) is 4.52. The van der Waals surface area contributed by atoms with Gasteiger partial charge in [0.15, 0.2) is 5.65 Å². The minimum absolute atomic E-state index is 0.00552. The van der Waals surface area contributed by atoms with Crippen LogP contribution in [0.1, 0.15) is 16.8 Å². The lowest BCUT2D eigenvalue weighted by Crippen LogP contribution is -2.08. The second kappa shape index (κ2) is 6.67. The van der Waals surface area contributed by atoms with Crippen molar-refractivity contribution in [3.05, 3.63) is 77.5 Å². The molecule has 0 spiro atoms. The van der Waals surface area contributed by atoms with Crippen molar-refractivity contribution in [2.24, 2.45) is 0 Å². The number of phenolic OH excluding ortho intramolecular Hbond substituents is 1. The number of halogens is 3. The third kappa shape index (κ3) is 3.31. The standard InChI is InChI=1S/C21H16F3N3O/c1-13-19-17(21(22,23)24)11-18(15-7-9-16(28)10-8-15)25-20(19)27(26-13)12-14-5-3-2-4-6-14/h2-11,28H,12H2,1H3. The molecule has 0 radical (unpaired) electrons. The maximum Gasteiger partial charge on any atom is 0.417 e. The molecule has 0 unspecified atom stereocenters. The quantitative estimate of drug-likeness (QED) is 0.530. The lowest BCUT2D eigenvalue weighted by molar-refractivity contribution is -0.136. The Balaban J connectivity index is 1.95. The van der Waals surface area contributed by atoms with Gasteiger partial charge in [0, 0.05) is 5.56 Å². The zero-order valence-corrected chi connectivity index (χ0v) is 14.9. The molecule has 2 heterocycles. The fourth-order valence-corrected chi connectivity index (χ4v) is 3.22. The number of alkyl halides is 3. The Bertz CT molecular complexity index is 1130. The molecule has 2 aromatic carbocycles. The topological polar surface area (TPSA) is 50.9 Å². The largest absolute Gasteiger partial charge is 0.508 e. The monoisotopic (exact) mass is 383 g/mol. The Morgan fingerprint density at radius 1 is 1.00 bits per heavy atom. The van der Waals surface area contributed by atoms with Crippen molar-refractivity contribution >= 4 is 11.0 Å². The Morgan fingerprint density at radius 3 is 2.32 bits per heavy atom. The van der Waals surface area contributed by atoms with Gasteiger partial charge in [0.1, 0.15) is 5.75 Å². The molecule has 0 saturated heterocycles. The molecule has 1 N–H and O–H groups in total. The highest BCUT2D eigenvalue weighted by atomic mass is 19.4. The summed E-state index contributed by atoms with van der Waals surface area (Å²) in [5, 5.41) is 13.8. The van der Waals surface area contributed by atoms with Crippen LogP contribution in [-0.2, 0) is 12.7 Å². The van der Waals surface area contributed by atoms with Gasteiger partial charge in [-0.1, -0.05) is 30.3 Å². The average Bonchev–Trinajstić information content (AvgIpc) is 2.97. The number of aromatic nitrogens is 3. The molecule has 0 aliphatic carbocycles. The van der Waals surface area contributed by atoms with Gasteiger partial charge in [-0.3, -0.25) is 0 Å². The van der Waals surface area contributed by atoms with Crippen molar-refractivity contribution in [3.8, 4) is 17.0 Å². The molecule has 4 aromatic rings. The van der Waals surface area contributed by atoms with Crippen LogP contribution in [0.15, 0.2) is 60.7 Å². The summed E-state index contributed by atoms with van der Waals surface area (Å²) in [4.78, 5) is 4.49. The lowest BCUT2D eigenvalue weighted by Gasteiger charge is -2.12. The lowest BCUT2D eigenvalue weighted by atomic mass is 10.1. The highest BCUT2D eigenvalue weighted by Crippen LogP contribution is 2.38. The van der Waals surface area contributed by atoms with Crippen LogP contribution in [0.5, 0.6) is 5.75 Å². The molecular formula is C21H16F3N3O. The van der Waals surface area contributed by atoms with Crippen LogP contribution in [0, 0.1) is 6.92 Å². The van der Waals surface area contributed by atoms with E-state index in [1.807, 2.05) is 30.3 Å². The number of hydrogen-bond donors (Lipinski definition) is 1. The van der Waals surface area contributed by atoms with Crippen LogP contribution >= 0.6 is 0 Å². The minimum Gasteiger partial charge on any atom is -0.508 e. The molecule has 0 atom stereocenters. The Morgan fingerprint density at radius 2 is 1.68 bits per heavy atom. The number of phenols is 1. The summed E-state index contributed by atoms with van der Waals surface area (Å²) >= 11 is 0. The Kier molecular flexibility index (Phi) is 4.30. The smallest absolute Gasteiger partial charge is 0.417 e. The molecule has 4 rings (SSSR count). The van der Waals surface area contributed by atoms with Gasteiger partial charge >= 0.3 is 6.18 Å². The van der Waals surface area contributed by atoms with E-state index in [0.29, 0.717) is 12.1 Å². The van der Waals surface area contributed by atoms with E-state index in [4.69, 9.17) is 0 Å². The predicted octanol–water partition coefficient (Wildman–Crippen LogP) is 5.18. The van der Waals surface area contributed by atoms with Gasteiger partial charge in [-0.25, -0.2) is 9.67 Å². The second-order valence-corrected chi connectivity index (χ2v) is 6.53. The number of aromatic hydroxyl groups is 1. The molecular weight excluding hydrogens is 367 g/mol. The zero-order valence-electron chi connectivity index (χ0n) is 14.9. The predicted molar refractivity (Wildman–Crippen MR) is 99.9 cm³/mol. The van der Waals surface area contributed by atoms with E-state index in [0.717, 1.165) is 11.6 Å². The minimum atomic E-state index is -4.54. The van der Waals surface area contributed by atoms with E-state index in [1.54, 1.807) is 6.92 Å². The normalized spacial score (nSPS) is 11.9. The number of rotatable bonds is 3. The number of aryl methyl sites for hydroxylation is 1. The third-order valence-corrected chi connectivity index (χ3v) is 4.52. The summed E-state index contributed by atoms with van der Waals surface area (Å²) in [6.07, 6.45) is -4.54. The molecule has 0 fully saturated rings. The van der Waals surface area contributed by atoms with E-state index in [1.165, 1.54) is 28.9 Å². The number of nitrogens with zero attached hydrogens (tertiary/aromatic N) is 3. The van der Waals surface area contributed by atoms with Crippen LogP contribution < -0.4 is 0 Å². The van der Waals surface area contributed by atoms with Gasteiger partial charge in [-0.15, -0.1) is 0 Å². The Hall–Kier alpha value is -3.35. The van der Waals surface area contributed by atoms with Crippen molar-refractivity contribution in [1.82, 2.24) is 14.8 Å². The summed E-state index contributed by atoms with van der Waals surface area (Å²) in [7, 11) is 0. The first-order valence-corrected chi connectivity index (χ1v) is 8.61. The van der Waals surface area contributed by atoms with Gasteiger partial charge in [-0.2, -0.15) is 18.3 Å². The van der Waals surface area contributed by atoms with E-state index < -0.39 is 11.7 Å². The van der Waals surface area contributed by atoms with Gasteiger partial charge in [-0.05, 0) is 42.8 Å². The molecule has 0 saturated carbocycles. The fourth-order valence-electron chi connectivity index (χ4n) is 3.22. The summed E-state index contributed by atoms with van der Waals surface area (Å²) in [5.74, 6) is 0.0332. The van der Waals surface area contributed by atoms with E-state index in [-0.39, 0.29) is 28.2 Å². The van der Waals surface area contributed by atoms with Crippen molar-refractivity contribution in [2.75, 3.05) is 0 Å². The first-order chi connectivity index (χ1) is 13.3. The number of pyridine rings is 1. The molecule has 0 aliphatic rings. The second-order valence-electron chi connectivity index (χ2n) is 6.53. The van der Waals surface area contributed by atoms with E-state index in [2.05, 4.69) is 10.1 Å². The van der Waals surface area contributed by atoms with E-state index >= 15 is 0 Å². The first kappa shape index (κ1) is 18.0. The molecule has 2 aromatic heterocycles. The first-order valence-electron chi connectivity index (χ1n) is 8.61. The van der Waals surface area contributed by atoms with Crippen molar-refractivity contribution < 1.29 is 18.3 Å². The number of fused-ring (bicyclic) bond motifs is 1. The van der Waals surface area contributed by atoms with E-state index in [9.17, 15) is 18.3 Å². The SMILES string of the molecule is Cc1nn(Cc2ccccc2)c2nc(-c3ccc(O)cc3)cc(C(F)(F)F)c12. The summed E-state index contributed by atoms with van der Waals surface area (Å²) in [6, 6.07) is 16.3. The van der Waals surface area contributed by atoms with Crippen molar-refractivity contribution in [3.63, 3.8) is 0 Å². The average molecular weight is 383 g/mol. The van der Waals surface area contributed by atoms with Crippen LogP contribution in [0.3, 0.4) is 0 Å². The van der Waals surface area contributed by atoms with Crippen LogP contribution in [0.2, 0.25) is 0 Å². The maximum absolute atomic E-state index is 13.8. The van der Waals surface area contributed by atoms with Gasteiger partial charge < -0.3 is 5.11 Å². The van der Waals surface area contributed by atoms with Gasteiger partial charge in [0.05, 0.1) is 28.9 Å². The summed E-state index contributed by atoms with van der Waals surface area (Å²) < 4.78 is 42.9. The highest BCUT2D eigenvalue weighted by Gasteiger charge is 2.35. The van der Waals surface area contributed by atoms with Crippen molar-refractivity contribution in [1.29, 1.82) is 0 Å². The molecule has 0 aliphatic heterocycles. The molecule has 142 valence electrons. The zero-order chi connectivity index (χ0) is 19.9. The van der Waals surface area contributed by atoms with Gasteiger partial charge in [0.25, 0.3) is 0 Å². The molecule has 7 heteroatoms. The van der Waals surface area contributed by atoms with Crippen LogP contribution in [0.4, 0.5) is 13.2 Å². The fraction of sp³-hybridized carbons (Fsp3) is 0.143. The maximum atomic E-state index is 13.8. The van der Waals surface area contributed by atoms with Crippen LogP contribution in [0.25, 0.3) is 22.3 Å². The number of benzene rings is 2. The molecule has 0 amide bonds. The highest BCUT2D eigenvalue weighted by molar-refractivity contribution is 5.85. The molecule has 4 nitrogen and oxygen atoms in total. The van der Waals surface area contributed by atoms with Crippen LogP contribution in [-0.4, -0.2) is 19.9 Å². The summed E-state index contributed by atoms with van der Waals surface area (Å²) in [6.45, 7) is 1.87. The Labute approximate surface area is 158 Å². The number of hydrogen-bond acceptors (Lipinski definition) is 3.